The zero-order valence-electron chi connectivity index (χ0n) is 36.6. The van der Waals surface area contributed by atoms with Gasteiger partial charge in [0.05, 0.1) is 30.2 Å². The number of nitrogens with zero attached hydrogens (tertiary/aromatic N) is 3. The van der Waals surface area contributed by atoms with Gasteiger partial charge in [-0.2, -0.15) is 0 Å². The number of anilines is 1. The molecular formula is C47H59F2N3O10. The lowest BCUT2D eigenvalue weighted by Crippen LogP contribution is -2.69. The van der Waals surface area contributed by atoms with Crippen molar-refractivity contribution in [2.75, 3.05) is 38.3 Å². The number of alkyl halides is 1. The first kappa shape index (κ1) is 42.9. The van der Waals surface area contributed by atoms with E-state index < -0.39 is 86.9 Å². The van der Waals surface area contributed by atoms with Crippen LogP contribution in [0.1, 0.15) is 122 Å². The van der Waals surface area contributed by atoms with Crippen LogP contribution in [0.5, 0.6) is 5.75 Å². The molecule has 0 spiro atoms. The Kier molecular flexibility index (Phi) is 10.1. The second kappa shape index (κ2) is 14.6. The van der Waals surface area contributed by atoms with Crippen LogP contribution >= 0.6 is 0 Å². The van der Waals surface area contributed by atoms with E-state index in [-0.39, 0.29) is 66.3 Å². The van der Waals surface area contributed by atoms with Gasteiger partial charge in [0.2, 0.25) is 11.2 Å². The number of piperidine rings is 1. The quantitative estimate of drug-likeness (QED) is 0.297. The third kappa shape index (κ3) is 6.28. The van der Waals surface area contributed by atoms with E-state index in [2.05, 4.69) is 0 Å². The van der Waals surface area contributed by atoms with E-state index in [1.54, 1.807) is 23.3 Å². The number of ketones is 2. The highest BCUT2D eigenvalue weighted by Gasteiger charge is 2.74. The number of halogens is 2. The molecule has 2 aliphatic heterocycles. The van der Waals surface area contributed by atoms with Crippen LogP contribution in [-0.4, -0.2) is 106 Å². The van der Waals surface area contributed by atoms with Gasteiger partial charge in [0.1, 0.15) is 28.1 Å². The van der Waals surface area contributed by atoms with Crippen molar-refractivity contribution in [1.82, 2.24) is 9.47 Å². The highest BCUT2D eigenvalue weighted by atomic mass is 19.1. The summed E-state index contributed by atoms with van der Waals surface area (Å²) < 4.78 is 53.0. The Morgan fingerprint density at radius 1 is 1.00 bits per heavy atom. The van der Waals surface area contributed by atoms with Crippen LogP contribution in [0.3, 0.4) is 0 Å². The summed E-state index contributed by atoms with van der Waals surface area (Å²) in [6.07, 6.45) is 5.45. The molecule has 4 saturated carbocycles. The van der Waals surface area contributed by atoms with E-state index in [0.717, 1.165) is 31.7 Å². The van der Waals surface area contributed by atoms with Crippen LogP contribution in [0, 0.1) is 34.4 Å². The average Bonchev–Trinajstić information content (AvgIpc) is 3.91. The number of hydrogen-bond acceptors (Lipinski definition) is 11. The first-order valence-electron chi connectivity index (χ1n) is 22.4. The monoisotopic (exact) mass is 863 g/mol. The second-order valence-corrected chi connectivity index (χ2v) is 20.7. The normalized spacial score (nSPS) is 35.4. The Morgan fingerprint density at radius 2 is 1.74 bits per heavy atom. The van der Waals surface area contributed by atoms with Crippen LogP contribution < -0.4 is 15.1 Å². The summed E-state index contributed by atoms with van der Waals surface area (Å²) in [5.74, 6) is -3.65. The predicted octanol–water partition coefficient (Wildman–Crippen LogP) is 6.37. The molecule has 13 nitrogen and oxygen atoms in total. The van der Waals surface area contributed by atoms with Crippen LogP contribution in [0.4, 0.5) is 19.3 Å². The fourth-order valence-corrected chi connectivity index (χ4v) is 13.0. The Bertz CT molecular complexity index is 2350. The Balaban J connectivity index is 0.967. The number of aliphatic hydroxyl groups is 2. The molecule has 5 aliphatic carbocycles. The number of methoxy groups -OCH3 is 1. The number of allylic oxidation sites excluding steroid dienone is 1. The zero-order chi connectivity index (χ0) is 44.5. The Labute approximate surface area is 359 Å². The van der Waals surface area contributed by atoms with Gasteiger partial charge in [0.15, 0.2) is 24.0 Å². The molecule has 3 heterocycles. The number of carbonyl (C=O) groups is 4. The molecule has 9 atom stereocenters. The highest BCUT2D eigenvalue weighted by Crippen LogP contribution is 2.70. The topological polar surface area (TPSA) is 165 Å². The molecule has 62 heavy (non-hydrogen) atoms. The van der Waals surface area contributed by atoms with E-state index in [1.807, 2.05) is 25.7 Å². The molecule has 1 aromatic heterocycles. The van der Waals surface area contributed by atoms with Crippen LogP contribution in [-0.2, 0) is 19.1 Å². The number of rotatable bonds is 7. The summed E-state index contributed by atoms with van der Waals surface area (Å²) in [4.78, 5) is 71.2. The van der Waals surface area contributed by atoms with Crippen molar-refractivity contribution in [3.05, 3.63) is 45.5 Å². The smallest absolute Gasteiger partial charge is 0.410 e. The molecule has 2 N–H and O–H groups in total. The fourth-order valence-electron chi connectivity index (χ4n) is 13.0. The van der Waals surface area contributed by atoms with Gasteiger partial charge in [-0.15, -0.1) is 0 Å². The maximum atomic E-state index is 17.6. The first-order valence-corrected chi connectivity index (χ1v) is 22.4. The number of aliphatic hydroxyl groups excluding tert-OH is 1. The second-order valence-electron chi connectivity index (χ2n) is 20.7. The van der Waals surface area contributed by atoms with Crippen molar-refractivity contribution in [2.24, 2.45) is 28.6 Å². The minimum Gasteiger partial charge on any atom is -0.492 e. The Morgan fingerprint density at radius 3 is 2.44 bits per heavy atom. The van der Waals surface area contributed by atoms with Crippen molar-refractivity contribution in [3.8, 4) is 5.75 Å². The number of Topliss-reactive ketones (excluding diaryl/α,β-unsaturated/α-hetero) is 1. The molecule has 2 saturated heterocycles. The van der Waals surface area contributed by atoms with Crippen LogP contribution in [0.2, 0.25) is 0 Å². The molecule has 0 radical (unpaired) electrons. The number of esters is 1. The zero-order valence-corrected chi connectivity index (χ0v) is 36.6. The van der Waals surface area contributed by atoms with Gasteiger partial charge in [-0.25, -0.2) is 18.4 Å². The summed E-state index contributed by atoms with van der Waals surface area (Å²) in [7, 11) is 1.40. The van der Waals surface area contributed by atoms with Gasteiger partial charge < -0.3 is 38.8 Å². The lowest BCUT2D eigenvalue weighted by atomic mass is 9.44. The van der Waals surface area contributed by atoms with Gasteiger partial charge in [-0.3, -0.25) is 14.4 Å². The van der Waals surface area contributed by atoms with Crippen molar-refractivity contribution in [1.29, 1.82) is 0 Å². The van der Waals surface area contributed by atoms with Crippen LogP contribution in [0.25, 0.3) is 10.9 Å². The summed E-state index contributed by atoms with van der Waals surface area (Å²) in [6.45, 7) is 9.36. The minimum absolute atomic E-state index is 0.0227. The van der Waals surface area contributed by atoms with Gasteiger partial charge in [-0.1, -0.05) is 19.4 Å². The lowest BCUT2D eigenvalue weighted by molar-refractivity contribution is -0.226. The molecule has 1 aromatic carbocycles. The molecule has 6 fully saturated rings. The van der Waals surface area contributed by atoms with E-state index in [9.17, 15) is 34.2 Å². The van der Waals surface area contributed by atoms with Crippen molar-refractivity contribution < 1.29 is 52.4 Å². The summed E-state index contributed by atoms with van der Waals surface area (Å²) in [6, 6.07) is 0.772. The Hall–Kier alpha value is -4.37. The first-order chi connectivity index (χ1) is 29.2. The van der Waals surface area contributed by atoms with Gasteiger partial charge in [-0.05, 0) is 109 Å². The largest absolute Gasteiger partial charge is 0.492 e. The molecular weight excluding hydrogens is 805 g/mol. The standard InChI is InChI=1S/C47H59F2N3O10/c1-43(2,3)62-42(58)51-17-7-8-25-21-50(23-34(25)51)38-33(48)19-29-37(40(38)60-6)52(27-10-11-27)22-30(39(29)56)41(57)61-24-36(55)46(59)16-14-31-32-12-9-26-18-28(53)13-15-44(26,4)47(32,49)35(54)20-45(31,46)5/h18-19,22,25,27,31-32,34-35,54,59H,7-17,20-21,23-24H2,1-6H3/t25?,31-,32-,34?,35-,44-,45-,46-,47-/m0/s1. The van der Waals surface area contributed by atoms with Gasteiger partial charge in [0.25, 0.3) is 0 Å². The molecule has 2 aromatic rings. The highest BCUT2D eigenvalue weighted by molar-refractivity contribution is 5.99. The van der Waals surface area contributed by atoms with Gasteiger partial charge >= 0.3 is 12.1 Å². The van der Waals surface area contributed by atoms with Crippen molar-refractivity contribution in [2.45, 2.75) is 140 Å². The molecule has 0 bridgehead atoms. The number of hydrogen-bond donors (Lipinski definition) is 2. The van der Waals surface area contributed by atoms with Crippen LogP contribution in [0.15, 0.2) is 28.7 Å². The molecule has 9 rings (SSSR count). The minimum atomic E-state index is -2.06. The third-order valence-corrected chi connectivity index (χ3v) is 16.3. The maximum absolute atomic E-state index is 17.6. The number of likely N-dealkylation sites (tertiary alicyclic amines) is 1. The average molecular weight is 864 g/mol. The predicted molar refractivity (Wildman–Crippen MR) is 223 cm³/mol. The SMILES string of the molecule is COc1c(N2CC3CCCN(C(=O)OC(C)(C)C)C3C2)c(F)cc2c(=O)c(C(=O)OCC(=O)[C@@]3(O)CC[C@H]4[C@@H]5CCC6=CC(=O)CC[C@]6(C)[C@@]5(F)[C@@H](O)C[C@@]43C)cn(C3CC3)c12. The number of amides is 1. The summed E-state index contributed by atoms with van der Waals surface area (Å²) in [5, 5.41) is 23.8. The molecule has 1 amide bonds. The van der Waals surface area contributed by atoms with Crippen molar-refractivity contribution >= 4 is 40.2 Å². The number of ether oxygens (including phenoxy) is 3. The van der Waals surface area contributed by atoms with E-state index in [0.29, 0.717) is 50.0 Å². The fraction of sp³-hybridized carbons (Fsp3) is 0.681. The molecule has 15 heteroatoms. The number of carbonyl (C=O) groups excluding carboxylic acids is 4. The molecule has 2 unspecified atom stereocenters. The maximum Gasteiger partial charge on any atom is 0.410 e. The number of fused-ring (bicyclic) bond motifs is 7. The van der Waals surface area contributed by atoms with Crippen molar-refractivity contribution in [3.63, 3.8) is 0 Å². The number of pyridine rings is 1. The molecule has 7 aliphatic rings. The summed E-state index contributed by atoms with van der Waals surface area (Å²) in [5.41, 5.74) is -7.11. The van der Waals surface area contributed by atoms with E-state index >= 15 is 8.78 Å². The third-order valence-electron chi connectivity index (χ3n) is 16.3. The number of aromatic nitrogens is 1. The van der Waals surface area contributed by atoms with Gasteiger partial charge in [0, 0.05) is 55.0 Å². The van der Waals surface area contributed by atoms with E-state index in [4.69, 9.17) is 14.2 Å². The van der Waals surface area contributed by atoms with E-state index in [1.165, 1.54) is 19.4 Å². The number of benzene rings is 1. The summed E-state index contributed by atoms with van der Waals surface area (Å²) >= 11 is 0. The lowest BCUT2D eigenvalue weighted by Gasteiger charge is -2.63. The molecule has 336 valence electrons.